The highest BCUT2D eigenvalue weighted by Gasteiger charge is 1.96. The summed E-state index contributed by atoms with van der Waals surface area (Å²) in [4.78, 5) is 4.52. The van der Waals surface area contributed by atoms with Crippen LogP contribution in [0.5, 0.6) is 0 Å². The Kier molecular flexibility index (Phi) is 1.99. The Morgan fingerprint density at radius 2 is 2.07 bits per heavy atom. The first kappa shape index (κ1) is 8.61. The van der Waals surface area contributed by atoms with Gasteiger partial charge < -0.3 is 0 Å². The molecule has 1 aromatic heterocycles. The van der Waals surface area contributed by atoms with Crippen molar-refractivity contribution in [2.24, 2.45) is 9.63 Å². The second-order valence-corrected chi connectivity index (χ2v) is 3.81. The van der Waals surface area contributed by atoms with Gasteiger partial charge in [-0.2, -0.15) is 0 Å². The third-order valence-corrected chi connectivity index (χ3v) is 2.79. The van der Waals surface area contributed by atoms with Crippen LogP contribution in [-0.4, -0.2) is 4.98 Å². The number of benzene rings is 1. The molecule has 0 fully saturated rings. The van der Waals surface area contributed by atoms with Gasteiger partial charge in [0.05, 0.1) is 17.1 Å². The Morgan fingerprint density at radius 3 is 3.07 bits per heavy atom. The van der Waals surface area contributed by atoms with Crippen LogP contribution in [0.2, 0.25) is 0 Å². The molecule has 3 nitrogen and oxygen atoms in total. The van der Waals surface area contributed by atoms with E-state index in [1.54, 1.807) is 6.20 Å². The van der Waals surface area contributed by atoms with Gasteiger partial charge in [-0.15, -0.1) is 9.63 Å². The maximum absolute atomic E-state index is 4.52. The van der Waals surface area contributed by atoms with Crippen molar-refractivity contribution in [3.8, 4) is 0 Å². The van der Waals surface area contributed by atoms with Crippen molar-refractivity contribution in [3.05, 3.63) is 40.9 Å². The van der Waals surface area contributed by atoms with Crippen LogP contribution in [-0.2, 0) is 0 Å². The Balaban J connectivity index is 2.48. The molecule has 0 saturated carbocycles. The number of rotatable bonds is 0. The van der Waals surface area contributed by atoms with E-state index < -0.39 is 0 Å². The molecule has 2 aromatic rings. The van der Waals surface area contributed by atoms with Crippen molar-refractivity contribution in [2.45, 2.75) is 0 Å². The van der Waals surface area contributed by atoms with Crippen LogP contribution >= 0.6 is 11.9 Å². The highest BCUT2D eigenvalue weighted by atomic mass is 32.2. The Morgan fingerprint density at radius 1 is 1.13 bits per heavy atom. The lowest BCUT2D eigenvalue weighted by Gasteiger charge is -1.95. The maximum atomic E-state index is 4.52. The molecule has 0 saturated heterocycles. The van der Waals surface area contributed by atoms with E-state index in [-0.39, 0.29) is 0 Å². The molecule has 0 radical (unpaired) electrons. The topological polar surface area (TPSA) is 37.6 Å². The molecule has 3 rings (SSSR count). The summed E-state index contributed by atoms with van der Waals surface area (Å²) in [6.45, 7) is 0. The molecule has 0 N–H and O–H groups in total. The average molecular weight is 213 g/mol. The number of fused-ring (bicyclic) bond motifs is 2. The van der Waals surface area contributed by atoms with E-state index in [0.29, 0.717) is 0 Å². The molecule has 0 bridgehead atoms. The smallest absolute Gasteiger partial charge is 0.0917 e. The minimum Gasteiger partial charge on any atom is -0.246 e. The molecule has 1 aromatic carbocycles. The van der Waals surface area contributed by atoms with Crippen LogP contribution in [0.4, 0.5) is 0 Å². The van der Waals surface area contributed by atoms with Gasteiger partial charge in [0.15, 0.2) is 0 Å². The Labute approximate surface area is 90.4 Å². The molecule has 4 heteroatoms. The lowest BCUT2D eigenvalue weighted by Crippen LogP contribution is -2.26. The van der Waals surface area contributed by atoms with Crippen LogP contribution in [0, 0.1) is 0 Å². The van der Waals surface area contributed by atoms with Gasteiger partial charge in [-0.3, -0.25) is 0 Å². The van der Waals surface area contributed by atoms with E-state index in [1.807, 2.05) is 23.6 Å². The second-order valence-electron chi connectivity index (χ2n) is 3.21. The van der Waals surface area contributed by atoms with Crippen molar-refractivity contribution in [1.82, 2.24) is 4.98 Å². The average Bonchev–Trinajstić information content (AvgIpc) is 2.50. The van der Waals surface area contributed by atoms with Crippen LogP contribution in [0.3, 0.4) is 0 Å². The third-order valence-electron chi connectivity index (χ3n) is 2.24. The molecule has 1 aliphatic heterocycles. The summed E-state index contributed by atoms with van der Waals surface area (Å²) >= 11 is 1.33. The molecule has 0 spiro atoms. The van der Waals surface area contributed by atoms with Crippen LogP contribution in [0.15, 0.2) is 40.0 Å². The number of hydrogen-bond donors (Lipinski definition) is 0. The number of nitrogens with zero attached hydrogens (tertiary/aromatic N) is 3. The SMILES string of the molecule is C1=c2cc3ccccc3nc2=CN=NS1. The number of pyridine rings is 1. The largest absolute Gasteiger partial charge is 0.246 e. The predicted octanol–water partition coefficient (Wildman–Crippen LogP) is 1.82. The summed E-state index contributed by atoms with van der Waals surface area (Å²) < 4.78 is 3.87. The Hall–Kier alpha value is -1.68. The zero-order valence-electron chi connectivity index (χ0n) is 7.79. The highest BCUT2D eigenvalue weighted by Crippen LogP contribution is 2.08. The van der Waals surface area contributed by atoms with Crippen molar-refractivity contribution >= 4 is 34.5 Å². The van der Waals surface area contributed by atoms with Crippen LogP contribution in [0.25, 0.3) is 22.5 Å². The summed E-state index contributed by atoms with van der Waals surface area (Å²) in [5, 5.41) is 8.94. The molecule has 15 heavy (non-hydrogen) atoms. The van der Waals surface area contributed by atoms with E-state index in [2.05, 4.69) is 26.8 Å². The minimum absolute atomic E-state index is 0.877. The molecule has 2 heterocycles. The van der Waals surface area contributed by atoms with Crippen LogP contribution < -0.4 is 10.6 Å². The van der Waals surface area contributed by atoms with E-state index in [4.69, 9.17) is 0 Å². The lowest BCUT2D eigenvalue weighted by molar-refractivity contribution is 1.26. The fourth-order valence-electron chi connectivity index (χ4n) is 1.53. The lowest BCUT2D eigenvalue weighted by atomic mass is 10.2. The normalized spacial score (nSPS) is 13.9. The van der Waals surface area contributed by atoms with Crippen molar-refractivity contribution in [2.75, 3.05) is 0 Å². The van der Waals surface area contributed by atoms with Gasteiger partial charge >= 0.3 is 0 Å². The quantitative estimate of drug-likeness (QED) is 0.626. The molecule has 0 atom stereocenters. The van der Waals surface area contributed by atoms with Gasteiger partial charge in [0.1, 0.15) is 0 Å². The zero-order chi connectivity index (χ0) is 10.1. The number of hydrogen-bond acceptors (Lipinski definition) is 4. The summed E-state index contributed by atoms with van der Waals surface area (Å²) in [6, 6.07) is 10.2. The first-order chi connectivity index (χ1) is 7.43. The molecule has 0 amide bonds. The molecular weight excluding hydrogens is 206 g/mol. The van der Waals surface area contributed by atoms with Gasteiger partial charge in [0.2, 0.25) is 0 Å². The maximum Gasteiger partial charge on any atom is 0.0917 e. The van der Waals surface area contributed by atoms with Crippen LogP contribution in [0.1, 0.15) is 0 Å². The minimum atomic E-state index is 0.877. The van der Waals surface area contributed by atoms with Crippen molar-refractivity contribution in [3.63, 3.8) is 0 Å². The first-order valence-electron chi connectivity index (χ1n) is 4.56. The third kappa shape index (κ3) is 1.53. The predicted molar refractivity (Wildman–Crippen MR) is 62.4 cm³/mol. The standard InChI is InChI=1S/C11H7N3S/c1-2-4-10-8(3-1)5-9-7-15-14-12-6-11(9)13-10/h1-7H. The van der Waals surface area contributed by atoms with E-state index in [1.165, 1.54) is 11.9 Å². The first-order valence-corrected chi connectivity index (χ1v) is 5.39. The molecule has 1 aliphatic rings. The fourth-order valence-corrected chi connectivity index (χ4v) is 1.98. The van der Waals surface area contributed by atoms with Gasteiger partial charge in [0, 0.05) is 28.0 Å². The van der Waals surface area contributed by atoms with E-state index >= 15 is 0 Å². The summed E-state index contributed by atoms with van der Waals surface area (Å²) in [7, 11) is 0. The highest BCUT2D eigenvalue weighted by molar-refractivity contribution is 8.05. The van der Waals surface area contributed by atoms with Crippen molar-refractivity contribution < 1.29 is 0 Å². The van der Waals surface area contributed by atoms with Gasteiger partial charge in [0.25, 0.3) is 0 Å². The molecule has 0 unspecified atom stereocenters. The molecule has 72 valence electrons. The number of para-hydroxylation sites is 1. The van der Waals surface area contributed by atoms with E-state index in [9.17, 15) is 0 Å². The monoisotopic (exact) mass is 213 g/mol. The van der Waals surface area contributed by atoms with Crippen molar-refractivity contribution in [1.29, 1.82) is 0 Å². The fraction of sp³-hybridized carbons (Fsp3) is 0. The number of aromatic nitrogens is 1. The Bertz CT molecular complexity index is 661. The second kappa shape index (κ2) is 3.47. The van der Waals surface area contributed by atoms with Gasteiger partial charge in [-0.1, -0.05) is 18.2 Å². The summed E-state index contributed by atoms with van der Waals surface area (Å²) in [6.07, 6.45) is 1.69. The molecular formula is C11H7N3S. The summed E-state index contributed by atoms with van der Waals surface area (Å²) in [5.41, 5.74) is 0.989. The zero-order valence-corrected chi connectivity index (χ0v) is 8.61. The summed E-state index contributed by atoms with van der Waals surface area (Å²) in [5.74, 6) is 0. The van der Waals surface area contributed by atoms with E-state index in [0.717, 1.165) is 21.5 Å². The van der Waals surface area contributed by atoms with Gasteiger partial charge in [-0.25, -0.2) is 4.98 Å². The van der Waals surface area contributed by atoms with Gasteiger partial charge in [-0.05, 0) is 12.1 Å². The molecule has 0 aliphatic carbocycles.